The summed E-state index contributed by atoms with van der Waals surface area (Å²) in [7, 11) is 1.80. The van der Waals surface area contributed by atoms with Crippen LogP contribution < -0.4 is 0 Å². The molecule has 2 aliphatic heterocycles. The average Bonchev–Trinajstić information content (AvgIpc) is 3.32. The minimum absolute atomic E-state index is 0. The normalized spacial score (nSPS) is 30.4. The first-order chi connectivity index (χ1) is 12.2. The standard InChI is InChI=1S/C19H34N2O4.2ClH/c1-3-24-18(22)15-8-10-16(11-9-15)25-19(20-12-4-5-13-20)21-14-6-7-17(21)23-2;;/h15-17,19H,3-14H2,1-2H3;2*1H/t15?,16?,17-,19?;;/m1../s1. The first kappa shape index (κ1) is 24.9. The van der Waals surface area contributed by atoms with Crippen LogP contribution in [-0.4, -0.2) is 67.8 Å². The van der Waals surface area contributed by atoms with E-state index in [-0.39, 0.29) is 55.4 Å². The highest BCUT2D eigenvalue weighted by Gasteiger charge is 2.38. The van der Waals surface area contributed by atoms with E-state index in [4.69, 9.17) is 14.2 Å². The maximum absolute atomic E-state index is 11.9. The number of likely N-dealkylation sites (tertiary alicyclic amines) is 2. The summed E-state index contributed by atoms with van der Waals surface area (Å²) >= 11 is 0. The molecule has 0 radical (unpaired) electrons. The average molecular weight is 427 g/mol. The molecule has 27 heavy (non-hydrogen) atoms. The fraction of sp³-hybridized carbons (Fsp3) is 0.947. The molecule has 0 N–H and O–H groups in total. The molecule has 0 aromatic carbocycles. The van der Waals surface area contributed by atoms with E-state index in [0.29, 0.717) is 6.61 Å². The first-order valence-electron chi connectivity index (χ1n) is 10.1. The number of rotatable bonds is 7. The van der Waals surface area contributed by atoms with E-state index in [1.807, 2.05) is 6.92 Å². The Kier molecular flexibility index (Phi) is 11.5. The lowest BCUT2D eigenvalue weighted by molar-refractivity contribution is -0.214. The van der Waals surface area contributed by atoms with Crippen LogP contribution in [0, 0.1) is 5.92 Å². The predicted molar refractivity (Wildman–Crippen MR) is 109 cm³/mol. The predicted octanol–water partition coefficient (Wildman–Crippen LogP) is 3.42. The Morgan fingerprint density at radius 2 is 1.67 bits per heavy atom. The molecule has 0 spiro atoms. The Morgan fingerprint density at radius 1 is 1.00 bits per heavy atom. The quantitative estimate of drug-likeness (QED) is 0.581. The van der Waals surface area contributed by atoms with Crippen LogP contribution in [0.1, 0.15) is 58.3 Å². The molecule has 2 saturated heterocycles. The van der Waals surface area contributed by atoms with Crippen LogP contribution in [0.3, 0.4) is 0 Å². The van der Waals surface area contributed by atoms with Crippen LogP contribution in [0.2, 0.25) is 0 Å². The van der Waals surface area contributed by atoms with E-state index < -0.39 is 0 Å². The number of hydrogen-bond acceptors (Lipinski definition) is 6. The maximum atomic E-state index is 11.9. The number of nitrogens with zero attached hydrogens (tertiary/aromatic N) is 2. The van der Waals surface area contributed by atoms with Crippen molar-refractivity contribution < 1.29 is 19.0 Å². The molecule has 8 heteroatoms. The van der Waals surface area contributed by atoms with Crippen molar-refractivity contribution in [1.29, 1.82) is 0 Å². The van der Waals surface area contributed by atoms with Crippen LogP contribution in [-0.2, 0) is 19.0 Å². The van der Waals surface area contributed by atoms with Crippen molar-refractivity contribution in [2.45, 2.75) is 77.0 Å². The molecule has 1 saturated carbocycles. The summed E-state index contributed by atoms with van der Waals surface area (Å²) in [6.07, 6.45) is 8.82. The summed E-state index contributed by atoms with van der Waals surface area (Å²) < 4.78 is 17.5. The van der Waals surface area contributed by atoms with E-state index in [2.05, 4.69) is 9.80 Å². The topological polar surface area (TPSA) is 51.2 Å². The van der Waals surface area contributed by atoms with Crippen LogP contribution in [0.4, 0.5) is 0 Å². The zero-order chi connectivity index (χ0) is 17.6. The van der Waals surface area contributed by atoms with Crippen LogP contribution >= 0.6 is 24.8 Å². The van der Waals surface area contributed by atoms with E-state index in [9.17, 15) is 4.79 Å². The van der Waals surface area contributed by atoms with Gasteiger partial charge in [0.15, 0.2) is 6.35 Å². The molecule has 0 aromatic heterocycles. The molecule has 160 valence electrons. The van der Waals surface area contributed by atoms with Crippen LogP contribution in [0.5, 0.6) is 0 Å². The third-order valence-electron chi connectivity index (χ3n) is 5.85. The fourth-order valence-electron chi connectivity index (χ4n) is 4.47. The van der Waals surface area contributed by atoms with Gasteiger partial charge in [-0.3, -0.25) is 9.69 Å². The minimum atomic E-state index is -0.0315. The molecular weight excluding hydrogens is 391 g/mol. The lowest BCUT2D eigenvalue weighted by atomic mass is 9.87. The minimum Gasteiger partial charge on any atom is -0.466 e. The van der Waals surface area contributed by atoms with Crippen molar-refractivity contribution in [3.63, 3.8) is 0 Å². The second-order valence-electron chi connectivity index (χ2n) is 7.50. The number of halogens is 2. The van der Waals surface area contributed by atoms with Gasteiger partial charge in [0.2, 0.25) is 0 Å². The van der Waals surface area contributed by atoms with E-state index in [1.54, 1.807) is 7.11 Å². The lowest BCUT2D eigenvalue weighted by Crippen LogP contribution is -2.53. The summed E-state index contributed by atoms with van der Waals surface area (Å²) in [4.78, 5) is 16.8. The number of methoxy groups -OCH3 is 1. The Morgan fingerprint density at radius 3 is 2.26 bits per heavy atom. The van der Waals surface area contributed by atoms with Gasteiger partial charge in [-0.2, -0.15) is 0 Å². The molecule has 0 bridgehead atoms. The summed E-state index contributed by atoms with van der Waals surface area (Å²) in [5.74, 6) is 0.0274. The van der Waals surface area contributed by atoms with Gasteiger partial charge in [0.25, 0.3) is 0 Å². The Bertz CT molecular complexity index is 430. The third kappa shape index (κ3) is 6.44. The second kappa shape index (κ2) is 12.5. The van der Waals surface area contributed by atoms with Gasteiger partial charge in [0, 0.05) is 26.7 Å². The molecule has 2 atom stereocenters. The number of esters is 1. The molecule has 3 fully saturated rings. The summed E-state index contributed by atoms with van der Waals surface area (Å²) in [6, 6.07) is 0. The van der Waals surface area contributed by atoms with Gasteiger partial charge < -0.3 is 14.2 Å². The lowest BCUT2D eigenvalue weighted by Gasteiger charge is -2.40. The molecule has 1 unspecified atom stereocenters. The number of carbonyl (C=O) groups excluding carboxylic acids is 1. The maximum Gasteiger partial charge on any atom is 0.308 e. The Labute approximate surface area is 176 Å². The second-order valence-corrected chi connectivity index (χ2v) is 7.50. The highest BCUT2D eigenvalue weighted by atomic mass is 35.5. The number of carbonyl (C=O) groups is 1. The molecule has 1 aliphatic carbocycles. The molecule has 3 aliphatic rings. The van der Waals surface area contributed by atoms with E-state index >= 15 is 0 Å². The molecule has 0 amide bonds. The molecule has 3 rings (SSSR count). The van der Waals surface area contributed by atoms with Crippen molar-refractivity contribution in [3.8, 4) is 0 Å². The van der Waals surface area contributed by atoms with Gasteiger partial charge in [-0.25, -0.2) is 4.90 Å². The fourth-order valence-corrected chi connectivity index (χ4v) is 4.47. The third-order valence-corrected chi connectivity index (χ3v) is 5.85. The Balaban J connectivity index is 0.00000182. The van der Waals surface area contributed by atoms with Gasteiger partial charge >= 0.3 is 5.97 Å². The molecular formula is C19H36Cl2N2O4. The van der Waals surface area contributed by atoms with Gasteiger partial charge in [0.05, 0.1) is 18.6 Å². The smallest absolute Gasteiger partial charge is 0.308 e. The van der Waals surface area contributed by atoms with E-state index in [1.165, 1.54) is 19.3 Å². The highest BCUT2D eigenvalue weighted by Crippen LogP contribution is 2.32. The SMILES string of the molecule is CCOC(=O)C1CCC(OC(N2CCCC2)N2CCC[C@H]2OC)CC1.Cl.Cl. The van der Waals surface area contributed by atoms with Gasteiger partial charge in [-0.05, 0) is 58.3 Å². The van der Waals surface area contributed by atoms with Gasteiger partial charge in [-0.15, -0.1) is 24.8 Å². The largest absolute Gasteiger partial charge is 0.466 e. The van der Waals surface area contributed by atoms with E-state index in [0.717, 1.165) is 51.7 Å². The summed E-state index contributed by atoms with van der Waals surface area (Å²) in [5, 5.41) is 0. The van der Waals surface area contributed by atoms with Crippen molar-refractivity contribution in [2.75, 3.05) is 33.4 Å². The highest BCUT2D eigenvalue weighted by molar-refractivity contribution is 5.85. The van der Waals surface area contributed by atoms with Crippen molar-refractivity contribution in [3.05, 3.63) is 0 Å². The van der Waals surface area contributed by atoms with Crippen LogP contribution in [0.25, 0.3) is 0 Å². The zero-order valence-electron chi connectivity index (χ0n) is 16.6. The molecule has 2 heterocycles. The summed E-state index contributed by atoms with van der Waals surface area (Å²) in [6.45, 7) is 5.60. The summed E-state index contributed by atoms with van der Waals surface area (Å²) in [5.41, 5.74) is 0. The zero-order valence-corrected chi connectivity index (χ0v) is 18.3. The van der Waals surface area contributed by atoms with Crippen molar-refractivity contribution in [1.82, 2.24) is 9.80 Å². The number of ether oxygens (including phenoxy) is 3. The molecule has 0 aromatic rings. The number of hydrogen-bond donors (Lipinski definition) is 0. The van der Waals surface area contributed by atoms with Crippen molar-refractivity contribution >= 4 is 30.8 Å². The van der Waals surface area contributed by atoms with Gasteiger partial charge in [0.1, 0.15) is 6.23 Å². The van der Waals surface area contributed by atoms with Crippen LogP contribution in [0.15, 0.2) is 0 Å². The Hall–Kier alpha value is -0.110. The first-order valence-corrected chi connectivity index (χ1v) is 10.1. The molecule has 6 nitrogen and oxygen atoms in total. The van der Waals surface area contributed by atoms with Crippen molar-refractivity contribution in [2.24, 2.45) is 5.92 Å². The van der Waals surface area contributed by atoms with Gasteiger partial charge in [-0.1, -0.05) is 0 Å². The monoisotopic (exact) mass is 426 g/mol.